The Bertz CT molecular complexity index is 1240. The van der Waals surface area contributed by atoms with Crippen LogP contribution in [-0.4, -0.2) is 63.3 Å². The lowest BCUT2D eigenvalue weighted by atomic mass is 10.0. The van der Waals surface area contributed by atoms with E-state index in [1.165, 1.54) is 0 Å². The Kier molecular flexibility index (Phi) is 7.19. The van der Waals surface area contributed by atoms with E-state index in [-0.39, 0.29) is 23.8 Å². The first-order valence-corrected chi connectivity index (χ1v) is 12.3. The third kappa shape index (κ3) is 5.06. The predicted molar refractivity (Wildman–Crippen MR) is 137 cm³/mol. The molecule has 1 aliphatic heterocycles. The van der Waals surface area contributed by atoms with E-state index in [0.29, 0.717) is 29.9 Å². The highest BCUT2D eigenvalue weighted by atomic mass is 16.2. The largest absolute Gasteiger partial charge is 0.343 e. The van der Waals surface area contributed by atoms with Crippen molar-refractivity contribution in [3.05, 3.63) is 59.4 Å². The second-order valence-corrected chi connectivity index (χ2v) is 8.98. The second-order valence-electron chi connectivity index (χ2n) is 8.98. The van der Waals surface area contributed by atoms with Crippen LogP contribution in [0.25, 0.3) is 11.0 Å². The van der Waals surface area contributed by atoms with Crippen LogP contribution in [0.4, 0.5) is 5.69 Å². The highest BCUT2D eigenvalue weighted by molar-refractivity contribution is 6.06. The molecule has 0 atom stereocenters. The molecule has 35 heavy (non-hydrogen) atoms. The third-order valence-corrected chi connectivity index (χ3v) is 6.84. The lowest BCUT2D eigenvalue weighted by Crippen LogP contribution is -2.37. The molecule has 0 saturated carbocycles. The minimum Gasteiger partial charge on any atom is -0.343 e. The Morgan fingerprint density at radius 3 is 2.23 bits per heavy atom. The highest BCUT2D eigenvalue weighted by Gasteiger charge is 2.25. The van der Waals surface area contributed by atoms with Crippen LogP contribution in [0.5, 0.6) is 0 Å². The number of carbonyl (C=O) groups is 3. The Hall–Kier alpha value is -3.68. The van der Waals surface area contributed by atoms with Gasteiger partial charge in [0, 0.05) is 56.0 Å². The van der Waals surface area contributed by atoms with Crippen LogP contribution < -0.4 is 5.32 Å². The van der Waals surface area contributed by atoms with Gasteiger partial charge < -0.3 is 19.7 Å². The summed E-state index contributed by atoms with van der Waals surface area (Å²) in [7, 11) is 0. The molecule has 1 aromatic heterocycles. The molecule has 1 N–H and O–H groups in total. The number of aryl methyl sites for hydroxylation is 1. The molecular weight excluding hydrogens is 442 g/mol. The number of rotatable bonds is 6. The summed E-state index contributed by atoms with van der Waals surface area (Å²) in [5.74, 6) is 0.787. The Balaban J connectivity index is 1.51. The Labute approximate surface area is 205 Å². The van der Waals surface area contributed by atoms with E-state index in [0.717, 1.165) is 42.8 Å². The first-order valence-electron chi connectivity index (χ1n) is 12.3. The standard InChI is InChI=1S/C27H33N5O3/c1-5-30(6-2)27(35)20-7-10-22(11-8-20)29-26(34)21-9-12-24-25(17-21)32(18(3)28-24)23-13-15-31(16-14-23)19(4)33/h7-12,17,23H,5-6,13-16H2,1-4H3,(H,29,34). The number of hydrogen-bond donors (Lipinski definition) is 1. The lowest BCUT2D eigenvalue weighted by Gasteiger charge is -2.32. The average molecular weight is 476 g/mol. The quantitative estimate of drug-likeness (QED) is 0.577. The number of carbonyl (C=O) groups excluding carboxylic acids is 3. The predicted octanol–water partition coefficient (Wildman–Crippen LogP) is 4.26. The van der Waals surface area contributed by atoms with Crippen LogP contribution in [0.3, 0.4) is 0 Å². The SMILES string of the molecule is CCN(CC)C(=O)c1ccc(NC(=O)c2ccc3nc(C)n(C4CCN(C(C)=O)CC4)c3c2)cc1. The van der Waals surface area contributed by atoms with E-state index in [4.69, 9.17) is 4.98 Å². The number of nitrogens with one attached hydrogen (secondary N) is 1. The molecule has 0 radical (unpaired) electrons. The van der Waals surface area contributed by atoms with E-state index >= 15 is 0 Å². The van der Waals surface area contributed by atoms with E-state index < -0.39 is 0 Å². The van der Waals surface area contributed by atoms with Crippen LogP contribution in [0.1, 0.15) is 66.2 Å². The first-order chi connectivity index (χ1) is 16.8. The van der Waals surface area contributed by atoms with Crippen molar-refractivity contribution >= 4 is 34.4 Å². The topological polar surface area (TPSA) is 87.5 Å². The van der Waals surface area contributed by atoms with Crippen LogP contribution >= 0.6 is 0 Å². The summed E-state index contributed by atoms with van der Waals surface area (Å²) in [6, 6.07) is 12.8. The Morgan fingerprint density at radius 1 is 1.00 bits per heavy atom. The van der Waals surface area contributed by atoms with Crippen molar-refractivity contribution in [2.45, 2.75) is 46.6 Å². The van der Waals surface area contributed by atoms with Crippen LogP contribution in [0, 0.1) is 6.92 Å². The molecule has 2 heterocycles. The number of amides is 3. The van der Waals surface area contributed by atoms with Crippen molar-refractivity contribution in [1.29, 1.82) is 0 Å². The maximum absolute atomic E-state index is 13.0. The minimum absolute atomic E-state index is 0.0175. The lowest BCUT2D eigenvalue weighted by molar-refractivity contribution is -0.130. The number of likely N-dealkylation sites (tertiary alicyclic amines) is 1. The Morgan fingerprint density at radius 2 is 1.63 bits per heavy atom. The molecule has 3 amide bonds. The molecule has 0 spiro atoms. The zero-order valence-electron chi connectivity index (χ0n) is 20.9. The van der Waals surface area contributed by atoms with Crippen molar-refractivity contribution in [3.8, 4) is 0 Å². The molecule has 8 nitrogen and oxygen atoms in total. The zero-order valence-corrected chi connectivity index (χ0v) is 20.9. The van der Waals surface area contributed by atoms with E-state index in [1.807, 2.05) is 37.8 Å². The molecular formula is C27H33N5O3. The van der Waals surface area contributed by atoms with Gasteiger partial charge in [0.15, 0.2) is 0 Å². The molecule has 0 aliphatic carbocycles. The summed E-state index contributed by atoms with van der Waals surface area (Å²) < 4.78 is 2.21. The maximum Gasteiger partial charge on any atom is 0.255 e. The van der Waals surface area contributed by atoms with Gasteiger partial charge in [0.25, 0.3) is 11.8 Å². The fourth-order valence-corrected chi connectivity index (χ4v) is 4.85. The number of anilines is 1. The van der Waals surface area contributed by atoms with Gasteiger partial charge in [-0.1, -0.05) is 0 Å². The van der Waals surface area contributed by atoms with Gasteiger partial charge in [-0.25, -0.2) is 4.98 Å². The van der Waals surface area contributed by atoms with Gasteiger partial charge in [-0.15, -0.1) is 0 Å². The number of imidazole rings is 1. The number of hydrogen-bond acceptors (Lipinski definition) is 4. The molecule has 4 rings (SSSR count). The summed E-state index contributed by atoms with van der Waals surface area (Å²) in [5, 5.41) is 2.93. The van der Waals surface area contributed by atoms with Crippen LogP contribution in [-0.2, 0) is 4.79 Å². The van der Waals surface area contributed by atoms with Crippen molar-refractivity contribution in [2.75, 3.05) is 31.5 Å². The molecule has 184 valence electrons. The van der Waals surface area contributed by atoms with Gasteiger partial charge >= 0.3 is 0 Å². The number of benzene rings is 2. The van der Waals surface area contributed by atoms with Crippen LogP contribution in [0.2, 0.25) is 0 Å². The van der Waals surface area contributed by atoms with Crippen molar-refractivity contribution in [2.24, 2.45) is 0 Å². The minimum atomic E-state index is -0.216. The van der Waals surface area contributed by atoms with E-state index in [1.54, 1.807) is 42.2 Å². The van der Waals surface area contributed by atoms with Gasteiger partial charge in [-0.2, -0.15) is 0 Å². The van der Waals surface area contributed by atoms with Gasteiger partial charge in [-0.05, 0) is 76.1 Å². The number of piperidine rings is 1. The van der Waals surface area contributed by atoms with E-state index in [2.05, 4.69) is 9.88 Å². The normalized spacial score (nSPS) is 14.2. The number of aromatic nitrogens is 2. The van der Waals surface area contributed by atoms with Gasteiger partial charge in [0.05, 0.1) is 11.0 Å². The van der Waals surface area contributed by atoms with E-state index in [9.17, 15) is 14.4 Å². The monoisotopic (exact) mass is 475 g/mol. The summed E-state index contributed by atoms with van der Waals surface area (Å²) >= 11 is 0. The van der Waals surface area contributed by atoms with Gasteiger partial charge in [0.1, 0.15) is 5.82 Å². The molecule has 0 unspecified atom stereocenters. The summed E-state index contributed by atoms with van der Waals surface area (Å²) in [4.78, 5) is 45.6. The maximum atomic E-state index is 13.0. The zero-order chi connectivity index (χ0) is 25.1. The highest BCUT2D eigenvalue weighted by Crippen LogP contribution is 2.29. The van der Waals surface area contributed by atoms with Crippen molar-refractivity contribution in [3.63, 3.8) is 0 Å². The first kappa shape index (κ1) is 24.4. The molecule has 3 aromatic rings. The fourth-order valence-electron chi connectivity index (χ4n) is 4.85. The summed E-state index contributed by atoms with van der Waals surface area (Å²) in [6.07, 6.45) is 1.72. The van der Waals surface area contributed by atoms with Crippen LogP contribution in [0.15, 0.2) is 42.5 Å². The molecule has 1 fully saturated rings. The van der Waals surface area contributed by atoms with Crippen molar-refractivity contribution < 1.29 is 14.4 Å². The summed E-state index contributed by atoms with van der Waals surface area (Å²) in [6.45, 7) is 10.3. The summed E-state index contributed by atoms with van der Waals surface area (Å²) in [5.41, 5.74) is 3.56. The molecule has 8 heteroatoms. The van der Waals surface area contributed by atoms with Crippen molar-refractivity contribution in [1.82, 2.24) is 19.4 Å². The molecule has 0 bridgehead atoms. The second kappa shape index (κ2) is 10.3. The molecule has 1 saturated heterocycles. The number of fused-ring (bicyclic) bond motifs is 1. The number of nitrogens with zero attached hydrogens (tertiary/aromatic N) is 4. The molecule has 2 aromatic carbocycles. The molecule has 1 aliphatic rings. The fraction of sp³-hybridized carbons (Fsp3) is 0.407. The van der Waals surface area contributed by atoms with Gasteiger partial charge in [-0.3, -0.25) is 14.4 Å². The smallest absolute Gasteiger partial charge is 0.255 e. The van der Waals surface area contributed by atoms with Gasteiger partial charge in [0.2, 0.25) is 5.91 Å². The third-order valence-electron chi connectivity index (χ3n) is 6.84. The average Bonchev–Trinajstić information content (AvgIpc) is 3.20.